The summed E-state index contributed by atoms with van der Waals surface area (Å²) in [6.45, 7) is 9.22. The zero-order valence-electron chi connectivity index (χ0n) is 11.7. The van der Waals surface area contributed by atoms with Gasteiger partial charge in [0.05, 0.1) is 0 Å². The maximum Gasteiger partial charge on any atom is 0.0462 e. The highest BCUT2D eigenvalue weighted by Gasteiger charge is 2.15. The van der Waals surface area contributed by atoms with Crippen LogP contribution in [0.5, 0.6) is 0 Å². The third-order valence-electron chi connectivity index (χ3n) is 3.33. The Morgan fingerprint density at radius 2 is 1.82 bits per heavy atom. The summed E-state index contributed by atoms with van der Waals surface area (Å²) in [7, 11) is 0. The molecule has 96 valence electrons. The van der Waals surface area contributed by atoms with Crippen molar-refractivity contribution in [1.29, 1.82) is 0 Å². The molecule has 0 saturated carbocycles. The van der Waals surface area contributed by atoms with Crippen LogP contribution in [-0.4, -0.2) is 11.7 Å². The molecule has 17 heavy (non-hydrogen) atoms. The molecule has 0 amide bonds. The molecule has 0 heterocycles. The van der Waals surface area contributed by atoms with Crippen LogP contribution >= 0.6 is 0 Å². The molecule has 1 rings (SSSR count). The number of aliphatic hydroxyl groups excluding tert-OH is 1. The highest BCUT2D eigenvalue weighted by molar-refractivity contribution is 5.25. The molecular formula is C16H26O. The zero-order valence-corrected chi connectivity index (χ0v) is 11.7. The van der Waals surface area contributed by atoms with E-state index in [2.05, 4.69) is 52.0 Å². The van der Waals surface area contributed by atoms with Gasteiger partial charge >= 0.3 is 0 Å². The fraction of sp³-hybridized carbons (Fsp3) is 0.625. The lowest BCUT2D eigenvalue weighted by atomic mass is 9.84. The quantitative estimate of drug-likeness (QED) is 0.817. The second-order valence-corrected chi connectivity index (χ2v) is 6.28. The summed E-state index contributed by atoms with van der Waals surface area (Å²) in [6, 6.07) is 8.48. The molecule has 1 atom stereocenters. The van der Waals surface area contributed by atoms with Gasteiger partial charge in [-0.05, 0) is 48.6 Å². The predicted octanol–water partition coefficient (Wildman–Crippen LogP) is 3.97. The summed E-state index contributed by atoms with van der Waals surface area (Å²) in [5, 5.41) is 9.48. The second kappa shape index (κ2) is 6.20. The van der Waals surface area contributed by atoms with Gasteiger partial charge in [-0.1, -0.05) is 45.0 Å². The van der Waals surface area contributed by atoms with Crippen molar-refractivity contribution < 1.29 is 5.11 Å². The average Bonchev–Trinajstić information content (AvgIpc) is 2.25. The van der Waals surface area contributed by atoms with Crippen molar-refractivity contribution in [3.8, 4) is 0 Å². The van der Waals surface area contributed by atoms with Crippen molar-refractivity contribution in [1.82, 2.24) is 0 Å². The van der Waals surface area contributed by atoms with Crippen LogP contribution in [-0.2, 0) is 6.42 Å². The van der Waals surface area contributed by atoms with Crippen LogP contribution in [0.15, 0.2) is 24.3 Å². The Labute approximate surface area is 106 Å². The lowest BCUT2D eigenvalue weighted by Gasteiger charge is -2.22. The van der Waals surface area contributed by atoms with E-state index in [1.807, 2.05) is 0 Å². The maximum atomic E-state index is 9.48. The zero-order chi connectivity index (χ0) is 12.9. The summed E-state index contributed by atoms with van der Waals surface area (Å²) in [6.07, 6.45) is 3.28. The molecule has 0 saturated heterocycles. The van der Waals surface area contributed by atoms with E-state index in [-0.39, 0.29) is 0 Å². The molecule has 0 bridgehead atoms. The maximum absolute atomic E-state index is 9.48. The highest BCUT2D eigenvalue weighted by atomic mass is 16.3. The van der Waals surface area contributed by atoms with Gasteiger partial charge in [0.1, 0.15) is 0 Å². The normalized spacial score (nSPS) is 13.7. The standard InChI is InChI=1S/C16H26O/c1-13-7-5-6-8-15(13)11-14(12-17)9-10-16(2,3)4/h5-8,14,17H,9-12H2,1-4H3. The van der Waals surface area contributed by atoms with Crippen molar-refractivity contribution in [3.05, 3.63) is 35.4 Å². The highest BCUT2D eigenvalue weighted by Crippen LogP contribution is 2.25. The first-order chi connectivity index (χ1) is 7.92. The molecule has 1 unspecified atom stereocenters. The van der Waals surface area contributed by atoms with Gasteiger partial charge in [0.2, 0.25) is 0 Å². The number of hydrogen-bond acceptors (Lipinski definition) is 1. The molecule has 0 aromatic heterocycles. The molecule has 1 N–H and O–H groups in total. The molecule has 1 aromatic rings. The van der Waals surface area contributed by atoms with Crippen LogP contribution in [0.1, 0.15) is 44.7 Å². The number of benzene rings is 1. The van der Waals surface area contributed by atoms with Crippen LogP contribution in [0.3, 0.4) is 0 Å². The number of aryl methyl sites for hydroxylation is 1. The Hall–Kier alpha value is -0.820. The van der Waals surface area contributed by atoms with E-state index in [1.165, 1.54) is 17.5 Å². The van der Waals surface area contributed by atoms with Crippen LogP contribution in [0.2, 0.25) is 0 Å². The average molecular weight is 234 g/mol. The van der Waals surface area contributed by atoms with Gasteiger partial charge in [-0.2, -0.15) is 0 Å². The van der Waals surface area contributed by atoms with Gasteiger partial charge < -0.3 is 5.11 Å². The van der Waals surface area contributed by atoms with Gasteiger partial charge in [-0.25, -0.2) is 0 Å². The summed E-state index contributed by atoms with van der Waals surface area (Å²) < 4.78 is 0. The molecule has 1 aromatic carbocycles. The first-order valence-corrected chi connectivity index (χ1v) is 6.58. The van der Waals surface area contributed by atoms with Crippen LogP contribution in [0, 0.1) is 18.3 Å². The van der Waals surface area contributed by atoms with Gasteiger partial charge in [-0.3, -0.25) is 0 Å². The van der Waals surface area contributed by atoms with Crippen molar-refractivity contribution >= 4 is 0 Å². The fourth-order valence-corrected chi connectivity index (χ4v) is 2.05. The molecule has 0 aliphatic heterocycles. The van der Waals surface area contributed by atoms with Crippen molar-refractivity contribution in [2.75, 3.05) is 6.61 Å². The summed E-state index contributed by atoms with van der Waals surface area (Å²) >= 11 is 0. The molecule has 0 fully saturated rings. The van der Waals surface area contributed by atoms with Crippen LogP contribution in [0.25, 0.3) is 0 Å². The van der Waals surface area contributed by atoms with Gasteiger partial charge in [0.15, 0.2) is 0 Å². The van der Waals surface area contributed by atoms with E-state index >= 15 is 0 Å². The smallest absolute Gasteiger partial charge is 0.0462 e. The van der Waals surface area contributed by atoms with E-state index in [0.717, 1.165) is 12.8 Å². The largest absolute Gasteiger partial charge is 0.396 e. The minimum atomic E-state index is 0.296. The van der Waals surface area contributed by atoms with Crippen LogP contribution < -0.4 is 0 Å². The molecular weight excluding hydrogens is 208 g/mol. The topological polar surface area (TPSA) is 20.2 Å². The summed E-state index contributed by atoms with van der Waals surface area (Å²) in [5.74, 6) is 0.398. The van der Waals surface area contributed by atoms with E-state index in [9.17, 15) is 5.11 Å². The van der Waals surface area contributed by atoms with Gasteiger partial charge in [0, 0.05) is 6.61 Å². The Kier molecular flexibility index (Phi) is 5.20. The molecule has 1 nitrogen and oxygen atoms in total. The molecule has 1 heteroatoms. The lowest BCUT2D eigenvalue weighted by Crippen LogP contribution is -2.14. The Balaban J connectivity index is 2.56. The van der Waals surface area contributed by atoms with Gasteiger partial charge in [-0.15, -0.1) is 0 Å². The first-order valence-electron chi connectivity index (χ1n) is 6.58. The minimum absolute atomic E-state index is 0.296. The van der Waals surface area contributed by atoms with E-state index in [0.29, 0.717) is 17.9 Å². The van der Waals surface area contributed by atoms with Crippen LogP contribution in [0.4, 0.5) is 0 Å². The fourth-order valence-electron chi connectivity index (χ4n) is 2.05. The van der Waals surface area contributed by atoms with Crippen molar-refractivity contribution in [2.24, 2.45) is 11.3 Å². The molecule has 0 radical (unpaired) electrons. The Morgan fingerprint density at radius 1 is 1.18 bits per heavy atom. The molecule has 0 spiro atoms. The van der Waals surface area contributed by atoms with E-state index in [1.54, 1.807) is 0 Å². The number of rotatable bonds is 5. The summed E-state index contributed by atoms with van der Waals surface area (Å²) in [5.41, 5.74) is 3.07. The van der Waals surface area contributed by atoms with Crippen molar-refractivity contribution in [2.45, 2.75) is 47.0 Å². The third-order valence-corrected chi connectivity index (χ3v) is 3.33. The van der Waals surface area contributed by atoms with Crippen molar-refractivity contribution in [3.63, 3.8) is 0 Å². The minimum Gasteiger partial charge on any atom is -0.396 e. The third kappa shape index (κ3) is 5.36. The van der Waals surface area contributed by atoms with E-state index < -0.39 is 0 Å². The lowest BCUT2D eigenvalue weighted by molar-refractivity contribution is 0.200. The second-order valence-electron chi connectivity index (χ2n) is 6.28. The summed E-state index contributed by atoms with van der Waals surface area (Å²) in [4.78, 5) is 0. The molecule has 0 aliphatic rings. The van der Waals surface area contributed by atoms with Gasteiger partial charge in [0.25, 0.3) is 0 Å². The Morgan fingerprint density at radius 3 is 2.35 bits per heavy atom. The first kappa shape index (κ1) is 14.2. The van der Waals surface area contributed by atoms with E-state index in [4.69, 9.17) is 0 Å². The number of aliphatic hydroxyl groups is 1. The monoisotopic (exact) mass is 234 g/mol. The number of hydrogen-bond donors (Lipinski definition) is 1. The Bertz CT molecular complexity index is 336. The molecule has 0 aliphatic carbocycles. The SMILES string of the molecule is Cc1ccccc1CC(CO)CCC(C)(C)C. The predicted molar refractivity (Wildman–Crippen MR) is 74.1 cm³/mol.